The maximum absolute atomic E-state index is 12.8. The van der Waals surface area contributed by atoms with Crippen molar-refractivity contribution in [1.29, 1.82) is 0 Å². The summed E-state index contributed by atoms with van der Waals surface area (Å²) >= 11 is 0. The molecular weight excluding hydrogens is 877 g/mol. The zero-order valence-corrected chi connectivity index (χ0v) is 45.2. The smallest absolute Gasteiger partial charge is 0.306 e. The van der Waals surface area contributed by atoms with E-state index in [0.29, 0.717) is 19.3 Å². The molecule has 0 aromatic heterocycles. The molecule has 0 aliphatic carbocycles. The quantitative estimate of drug-likeness (QED) is 0.0262. The number of rotatable bonds is 48. The highest BCUT2D eigenvalue weighted by atomic mass is 16.6. The molecule has 0 saturated carbocycles. The predicted octanol–water partition coefficient (Wildman–Crippen LogP) is 19.0. The highest BCUT2D eigenvalue weighted by Crippen LogP contribution is 2.12. The number of unbranched alkanes of at least 4 members (excludes halogenated alkanes) is 11. The summed E-state index contributed by atoms with van der Waals surface area (Å²) in [4.78, 5) is 37.8. The van der Waals surface area contributed by atoms with E-state index in [0.717, 1.165) is 167 Å². The number of allylic oxidation sites excluding steroid dienone is 26. The largest absolute Gasteiger partial charge is 0.462 e. The summed E-state index contributed by atoms with van der Waals surface area (Å²) < 4.78 is 16.6. The molecule has 0 aromatic rings. The molecule has 0 radical (unpaired) electrons. The lowest BCUT2D eigenvalue weighted by Gasteiger charge is -2.18. The first-order valence-electron chi connectivity index (χ1n) is 28.0. The summed E-state index contributed by atoms with van der Waals surface area (Å²) in [5.74, 6) is -0.999. The maximum Gasteiger partial charge on any atom is 0.306 e. The molecule has 1 unspecified atom stereocenters. The molecule has 6 nitrogen and oxygen atoms in total. The molecule has 1 atom stereocenters. The van der Waals surface area contributed by atoms with E-state index in [1.165, 1.54) is 0 Å². The Morgan fingerprint density at radius 1 is 0.296 bits per heavy atom. The van der Waals surface area contributed by atoms with Gasteiger partial charge in [0.25, 0.3) is 0 Å². The highest BCUT2D eigenvalue weighted by molar-refractivity contribution is 5.71. The standard InChI is InChI=1S/C65H100O6/c1-4-7-10-13-15-17-19-21-23-25-27-29-30-31-32-33-34-36-37-39-41-43-45-47-49-52-55-58-64(67)70-61-62(60-69-63(66)57-54-51-12-9-6-3)71-65(68)59-56-53-50-48-46-44-42-40-38-35-28-26-24-22-20-18-16-14-11-8-5-2/h7-8,10-11,15-18,21-24,27-29,31-32,34-36,39-42,46,48,62H,4-6,9,12-14,19-20,25-26,30,33,37-38,43-45,47,49-61H2,1-3H3/b10-7-,11-8-,17-15-,18-16-,23-21-,24-22-,29-27-,32-31-,35-28-,36-34-,41-39-,42-40-,48-46-. The minimum absolute atomic E-state index is 0.110. The molecule has 0 rings (SSSR count). The molecule has 0 aromatic carbocycles. The van der Waals surface area contributed by atoms with Crippen LogP contribution < -0.4 is 0 Å². The van der Waals surface area contributed by atoms with Crippen LogP contribution in [0.5, 0.6) is 0 Å². The molecule has 0 bridgehead atoms. The van der Waals surface area contributed by atoms with E-state index in [9.17, 15) is 14.4 Å². The van der Waals surface area contributed by atoms with Crippen molar-refractivity contribution in [2.45, 2.75) is 219 Å². The van der Waals surface area contributed by atoms with Crippen molar-refractivity contribution in [3.8, 4) is 0 Å². The van der Waals surface area contributed by atoms with Crippen LogP contribution in [0.1, 0.15) is 213 Å². The van der Waals surface area contributed by atoms with Crippen molar-refractivity contribution in [1.82, 2.24) is 0 Å². The average molecular weight is 978 g/mol. The third kappa shape index (κ3) is 55.8. The molecule has 0 fully saturated rings. The van der Waals surface area contributed by atoms with E-state index in [-0.39, 0.29) is 37.5 Å². The SMILES string of the molecule is CC/C=C\C/C=C\C/C=C\C/C=C\C/C=C\C/C=C\C/C=C\CCCCCCCC(=O)OCC(COC(=O)CCCCCCC)OC(=O)CCCC/C=C\C/C=C\C/C=C\C/C=C\C/C=C\C/C=C\CC. The van der Waals surface area contributed by atoms with Crippen LogP contribution in [0.25, 0.3) is 0 Å². The molecule has 0 aliphatic heterocycles. The summed E-state index contributed by atoms with van der Waals surface area (Å²) in [5, 5.41) is 0. The van der Waals surface area contributed by atoms with Gasteiger partial charge in [-0.15, -0.1) is 0 Å². The number of carbonyl (C=O) groups excluding carboxylic acids is 3. The zero-order chi connectivity index (χ0) is 51.4. The first-order valence-corrected chi connectivity index (χ1v) is 28.0. The fraction of sp³-hybridized carbons (Fsp3) is 0.554. The average Bonchev–Trinajstić information content (AvgIpc) is 3.37. The van der Waals surface area contributed by atoms with E-state index in [4.69, 9.17) is 14.2 Å². The van der Waals surface area contributed by atoms with Crippen molar-refractivity contribution >= 4 is 17.9 Å². The number of hydrogen-bond acceptors (Lipinski definition) is 6. The molecule has 6 heteroatoms. The van der Waals surface area contributed by atoms with Crippen LogP contribution in [-0.4, -0.2) is 37.2 Å². The Bertz CT molecular complexity index is 1640. The monoisotopic (exact) mass is 977 g/mol. The van der Waals surface area contributed by atoms with Gasteiger partial charge in [0.2, 0.25) is 0 Å². The lowest BCUT2D eigenvalue weighted by atomic mass is 10.1. The van der Waals surface area contributed by atoms with Crippen LogP contribution in [0.2, 0.25) is 0 Å². The Balaban J connectivity index is 4.28. The third-order valence-corrected chi connectivity index (χ3v) is 11.0. The minimum Gasteiger partial charge on any atom is -0.462 e. The Kier molecular flexibility index (Phi) is 53.6. The Labute approximate surface area is 435 Å². The third-order valence-electron chi connectivity index (χ3n) is 11.0. The van der Waals surface area contributed by atoms with Crippen LogP contribution in [-0.2, 0) is 28.6 Å². The zero-order valence-electron chi connectivity index (χ0n) is 45.2. The first kappa shape index (κ1) is 66.0. The predicted molar refractivity (Wildman–Crippen MR) is 306 cm³/mol. The summed E-state index contributed by atoms with van der Waals surface area (Å²) in [5.41, 5.74) is 0. The van der Waals surface area contributed by atoms with E-state index in [2.05, 4.69) is 179 Å². The van der Waals surface area contributed by atoms with Gasteiger partial charge in [-0.25, -0.2) is 0 Å². The number of ether oxygens (including phenoxy) is 3. The van der Waals surface area contributed by atoms with Crippen LogP contribution in [0.15, 0.2) is 158 Å². The molecule has 0 amide bonds. The van der Waals surface area contributed by atoms with E-state index in [1.807, 2.05) is 0 Å². The van der Waals surface area contributed by atoms with Gasteiger partial charge in [0.15, 0.2) is 6.10 Å². The Morgan fingerprint density at radius 3 is 0.887 bits per heavy atom. The van der Waals surface area contributed by atoms with Gasteiger partial charge in [0.05, 0.1) is 0 Å². The summed E-state index contributed by atoms with van der Waals surface area (Å²) in [6.07, 6.45) is 84.2. The first-order chi connectivity index (χ1) is 35.0. The molecule has 396 valence electrons. The second-order valence-electron chi connectivity index (χ2n) is 17.7. The second-order valence-corrected chi connectivity index (χ2v) is 17.7. The molecule has 0 spiro atoms. The molecule has 71 heavy (non-hydrogen) atoms. The number of carbonyl (C=O) groups is 3. The van der Waals surface area contributed by atoms with Gasteiger partial charge in [-0.3, -0.25) is 14.4 Å². The number of esters is 3. The second kappa shape index (κ2) is 57.6. The van der Waals surface area contributed by atoms with E-state index >= 15 is 0 Å². The van der Waals surface area contributed by atoms with Gasteiger partial charge in [-0.2, -0.15) is 0 Å². The van der Waals surface area contributed by atoms with Crippen molar-refractivity contribution in [2.24, 2.45) is 0 Å². The van der Waals surface area contributed by atoms with Gasteiger partial charge >= 0.3 is 17.9 Å². The summed E-state index contributed by atoms with van der Waals surface area (Å²) in [6, 6.07) is 0. The van der Waals surface area contributed by atoms with Crippen LogP contribution in [0.4, 0.5) is 0 Å². The van der Waals surface area contributed by atoms with Gasteiger partial charge in [0.1, 0.15) is 13.2 Å². The molecule has 0 heterocycles. The molecular formula is C65H100O6. The maximum atomic E-state index is 12.8. The van der Waals surface area contributed by atoms with Crippen LogP contribution in [0, 0.1) is 0 Å². The van der Waals surface area contributed by atoms with Gasteiger partial charge < -0.3 is 14.2 Å². The fourth-order valence-corrected chi connectivity index (χ4v) is 6.89. The Morgan fingerprint density at radius 2 is 0.549 bits per heavy atom. The van der Waals surface area contributed by atoms with Gasteiger partial charge in [-0.1, -0.05) is 224 Å². The lowest BCUT2D eigenvalue weighted by molar-refractivity contribution is -0.167. The Hall–Kier alpha value is -4.97. The molecule has 0 aliphatic rings. The van der Waals surface area contributed by atoms with Crippen molar-refractivity contribution in [3.63, 3.8) is 0 Å². The van der Waals surface area contributed by atoms with Crippen LogP contribution >= 0.6 is 0 Å². The van der Waals surface area contributed by atoms with Gasteiger partial charge in [-0.05, 0) is 128 Å². The van der Waals surface area contributed by atoms with Gasteiger partial charge in [0, 0.05) is 19.3 Å². The molecule has 0 N–H and O–H groups in total. The normalized spacial score (nSPS) is 13.3. The van der Waals surface area contributed by atoms with Crippen molar-refractivity contribution in [2.75, 3.05) is 13.2 Å². The minimum atomic E-state index is -0.814. The topological polar surface area (TPSA) is 78.9 Å². The summed E-state index contributed by atoms with van der Waals surface area (Å²) in [7, 11) is 0. The van der Waals surface area contributed by atoms with Crippen molar-refractivity contribution in [3.05, 3.63) is 158 Å². The number of hydrogen-bond donors (Lipinski definition) is 0. The molecule has 0 saturated heterocycles. The lowest BCUT2D eigenvalue weighted by Crippen LogP contribution is -2.30. The van der Waals surface area contributed by atoms with E-state index < -0.39 is 6.10 Å². The van der Waals surface area contributed by atoms with Crippen molar-refractivity contribution < 1.29 is 28.6 Å². The van der Waals surface area contributed by atoms with E-state index in [1.54, 1.807) is 0 Å². The fourth-order valence-electron chi connectivity index (χ4n) is 6.89. The summed E-state index contributed by atoms with van der Waals surface area (Å²) in [6.45, 7) is 6.25. The van der Waals surface area contributed by atoms with Crippen LogP contribution in [0.3, 0.4) is 0 Å². The highest BCUT2D eigenvalue weighted by Gasteiger charge is 2.19.